The monoisotopic (exact) mass is 479 g/mol. The lowest BCUT2D eigenvalue weighted by Crippen LogP contribution is -2.60. The summed E-state index contributed by atoms with van der Waals surface area (Å²) in [4.78, 5) is 45.4. The Kier molecular flexibility index (Phi) is 6.32. The molecule has 3 aliphatic heterocycles. The number of amides is 3. The summed E-state index contributed by atoms with van der Waals surface area (Å²) >= 11 is 0. The van der Waals surface area contributed by atoms with Crippen LogP contribution in [0.4, 0.5) is 4.39 Å². The molecule has 1 spiro atoms. The molecule has 0 bridgehead atoms. The van der Waals surface area contributed by atoms with Crippen molar-refractivity contribution >= 4 is 17.7 Å². The van der Waals surface area contributed by atoms with Crippen molar-refractivity contribution in [1.82, 2.24) is 14.7 Å². The molecular weight excluding hydrogens is 449 g/mol. The smallest absolute Gasteiger partial charge is 0.256 e. The third-order valence-corrected chi connectivity index (χ3v) is 7.48. The van der Waals surface area contributed by atoms with E-state index < -0.39 is 17.6 Å². The number of rotatable bonds is 3. The summed E-state index contributed by atoms with van der Waals surface area (Å²) < 4.78 is 19.8. The first-order chi connectivity index (χ1) is 16.9. The summed E-state index contributed by atoms with van der Waals surface area (Å²) in [5, 5.41) is 0. The number of carbonyl (C=O) groups excluding carboxylic acids is 3. The van der Waals surface area contributed by atoms with Crippen LogP contribution in [-0.2, 0) is 9.53 Å². The second kappa shape index (κ2) is 9.41. The van der Waals surface area contributed by atoms with Gasteiger partial charge >= 0.3 is 0 Å². The Labute approximate surface area is 204 Å². The Morgan fingerprint density at radius 2 is 1.54 bits per heavy atom. The van der Waals surface area contributed by atoms with Crippen LogP contribution in [-0.4, -0.2) is 77.0 Å². The zero-order valence-electron chi connectivity index (χ0n) is 19.9. The number of hydrogen-bond acceptors (Lipinski definition) is 4. The second-order valence-corrected chi connectivity index (χ2v) is 9.59. The van der Waals surface area contributed by atoms with Gasteiger partial charge in [-0.1, -0.05) is 18.2 Å². The van der Waals surface area contributed by atoms with Gasteiger partial charge in [-0.15, -0.1) is 0 Å². The maximum atomic E-state index is 13.7. The molecule has 1 atom stereocenters. The minimum Gasteiger partial charge on any atom is -0.353 e. The summed E-state index contributed by atoms with van der Waals surface area (Å²) in [5.41, 5.74) is 0.916. The third-order valence-electron chi connectivity index (χ3n) is 7.48. The van der Waals surface area contributed by atoms with E-state index in [1.807, 2.05) is 31.2 Å². The Morgan fingerprint density at radius 1 is 0.886 bits per heavy atom. The molecule has 2 aromatic rings. The Balaban J connectivity index is 1.40. The van der Waals surface area contributed by atoms with Crippen LogP contribution in [0.5, 0.6) is 0 Å². The van der Waals surface area contributed by atoms with Gasteiger partial charge < -0.3 is 14.5 Å². The van der Waals surface area contributed by atoms with Crippen molar-refractivity contribution in [3.8, 4) is 0 Å². The molecule has 3 saturated heterocycles. The first-order valence-electron chi connectivity index (χ1n) is 12.3. The van der Waals surface area contributed by atoms with E-state index in [9.17, 15) is 18.8 Å². The van der Waals surface area contributed by atoms with E-state index in [0.717, 1.165) is 18.4 Å². The fraction of sp³-hybridized carbons (Fsp3) is 0.444. The normalized spacial score (nSPS) is 21.5. The van der Waals surface area contributed by atoms with Crippen LogP contribution in [0.15, 0.2) is 48.5 Å². The molecule has 184 valence electrons. The topological polar surface area (TPSA) is 70.2 Å². The Morgan fingerprint density at radius 3 is 2.20 bits per heavy atom. The Hall–Kier alpha value is -3.26. The van der Waals surface area contributed by atoms with Gasteiger partial charge in [0.1, 0.15) is 17.6 Å². The predicted octanol–water partition coefficient (Wildman–Crippen LogP) is 3.23. The predicted molar refractivity (Wildman–Crippen MR) is 127 cm³/mol. The number of aryl methyl sites for hydroxylation is 1. The standard InChI is InChI=1S/C27H30FN3O4/c1-19-6-2-3-7-22(19)25(33)30-16-12-27(13-17-30)31(24(32)20-8-10-21(28)11-9-20)23(18-35-27)26(34)29-14-4-5-15-29/h2-3,6-11,23H,4-5,12-18H2,1H3. The van der Waals surface area contributed by atoms with Crippen molar-refractivity contribution < 1.29 is 23.5 Å². The van der Waals surface area contributed by atoms with Crippen LogP contribution in [0.2, 0.25) is 0 Å². The molecule has 1 unspecified atom stereocenters. The van der Waals surface area contributed by atoms with E-state index in [0.29, 0.717) is 50.1 Å². The van der Waals surface area contributed by atoms with Crippen LogP contribution < -0.4 is 0 Å². The first kappa shape index (κ1) is 23.5. The average molecular weight is 480 g/mol. The molecule has 8 heteroatoms. The largest absolute Gasteiger partial charge is 0.353 e. The lowest BCUT2D eigenvalue weighted by Gasteiger charge is -2.45. The molecule has 0 aliphatic carbocycles. The van der Waals surface area contributed by atoms with Crippen LogP contribution in [0.3, 0.4) is 0 Å². The van der Waals surface area contributed by atoms with Gasteiger partial charge in [0, 0.05) is 50.1 Å². The summed E-state index contributed by atoms with van der Waals surface area (Å²) in [5.74, 6) is -0.925. The van der Waals surface area contributed by atoms with Gasteiger partial charge in [-0.25, -0.2) is 4.39 Å². The van der Waals surface area contributed by atoms with Gasteiger partial charge in [0.2, 0.25) is 5.91 Å². The fourth-order valence-electron chi connectivity index (χ4n) is 5.48. The van der Waals surface area contributed by atoms with E-state index in [-0.39, 0.29) is 24.3 Å². The summed E-state index contributed by atoms with van der Waals surface area (Å²) in [6.45, 7) is 4.21. The van der Waals surface area contributed by atoms with Crippen molar-refractivity contribution in [3.63, 3.8) is 0 Å². The minimum atomic E-state index is -0.978. The number of nitrogens with zero attached hydrogens (tertiary/aromatic N) is 3. The molecule has 3 heterocycles. The van der Waals surface area contributed by atoms with E-state index in [1.165, 1.54) is 24.3 Å². The molecule has 3 aliphatic rings. The average Bonchev–Trinajstić information content (AvgIpc) is 3.53. The van der Waals surface area contributed by atoms with Gasteiger partial charge in [0.05, 0.1) is 6.61 Å². The van der Waals surface area contributed by atoms with Crippen molar-refractivity contribution in [2.45, 2.75) is 44.4 Å². The zero-order chi connectivity index (χ0) is 24.6. The van der Waals surface area contributed by atoms with E-state index >= 15 is 0 Å². The number of halogens is 1. The second-order valence-electron chi connectivity index (χ2n) is 9.59. The van der Waals surface area contributed by atoms with Gasteiger partial charge in [-0.2, -0.15) is 0 Å². The summed E-state index contributed by atoms with van der Waals surface area (Å²) in [6.07, 6.45) is 2.71. The molecule has 7 nitrogen and oxygen atoms in total. The molecule has 3 fully saturated rings. The minimum absolute atomic E-state index is 0.0444. The molecule has 35 heavy (non-hydrogen) atoms. The van der Waals surface area contributed by atoms with Gasteiger partial charge in [-0.3, -0.25) is 19.3 Å². The van der Waals surface area contributed by atoms with E-state index in [2.05, 4.69) is 0 Å². The molecular formula is C27H30FN3O4. The van der Waals surface area contributed by atoms with Crippen LogP contribution in [0.25, 0.3) is 0 Å². The number of benzene rings is 2. The van der Waals surface area contributed by atoms with Gasteiger partial charge in [-0.05, 0) is 55.7 Å². The summed E-state index contributed by atoms with van der Waals surface area (Å²) in [6, 6.07) is 12.1. The number of piperidine rings is 1. The quantitative estimate of drug-likeness (QED) is 0.678. The highest BCUT2D eigenvalue weighted by Gasteiger charge is 2.55. The first-order valence-corrected chi connectivity index (χ1v) is 12.3. The van der Waals surface area contributed by atoms with Crippen LogP contribution in [0, 0.1) is 12.7 Å². The molecule has 0 saturated carbocycles. The van der Waals surface area contributed by atoms with E-state index in [4.69, 9.17) is 4.74 Å². The molecule has 3 amide bonds. The highest BCUT2D eigenvalue weighted by atomic mass is 19.1. The van der Waals surface area contributed by atoms with Crippen molar-refractivity contribution in [1.29, 1.82) is 0 Å². The maximum Gasteiger partial charge on any atom is 0.256 e. The van der Waals surface area contributed by atoms with Crippen molar-refractivity contribution in [2.75, 3.05) is 32.8 Å². The number of likely N-dealkylation sites (tertiary alicyclic amines) is 2. The van der Waals surface area contributed by atoms with Gasteiger partial charge in [0.25, 0.3) is 11.8 Å². The van der Waals surface area contributed by atoms with Crippen molar-refractivity contribution in [2.24, 2.45) is 0 Å². The molecule has 0 radical (unpaired) electrons. The molecule has 0 N–H and O–H groups in total. The number of hydrogen-bond donors (Lipinski definition) is 0. The highest BCUT2D eigenvalue weighted by Crippen LogP contribution is 2.39. The lowest BCUT2D eigenvalue weighted by atomic mass is 9.95. The number of carbonyl (C=O) groups is 3. The number of ether oxygens (including phenoxy) is 1. The molecule has 0 aromatic heterocycles. The lowest BCUT2D eigenvalue weighted by molar-refractivity contribution is -0.136. The van der Waals surface area contributed by atoms with E-state index in [1.54, 1.807) is 14.7 Å². The van der Waals surface area contributed by atoms with Crippen molar-refractivity contribution in [3.05, 3.63) is 71.0 Å². The zero-order valence-corrected chi connectivity index (χ0v) is 19.9. The molecule has 5 rings (SSSR count). The van der Waals surface area contributed by atoms with Crippen LogP contribution in [0.1, 0.15) is 52.0 Å². The SMILES string of the molecule is Cc1ccccc1C(=O)N1CCC2(CC1)OCC(C(=O)N1CCCC1)N2C(=O)c1ccc(F)cc1. The van der Waals surface area contributed by atoms with Crippen LogP contribution >= 0.6 is 0 Å². The highest BCUT2D eigenvalue weighted by molar-refractivity contribution is 5.99. The third kappa shape index (κ3) is 4.31. The molecule has 2 aromatic carbocycles. The van der Waals surface area contributed by atoms with Gasteiger partial charge in [0.15, 0.2) is 0 Å². The Bertz CT molecular complexity index is 1120. The fourth-order valence-corrected chi connectivity index (χ4v) is 5.48. The maximum absolute atomic E-state index is 13.7. The summed E-state index contributed by atoms with van der Waals surface area (Å²) in [7, 11) is 0.